The standard InChI is InChI=1S/C14H25N3/c1-2-13-9-17(8-5-12(1)15-13)14-10-16-6-3-11(14)4-7-16/h11-15H,1-10H2. The molecule has 4 bridgehead atoms. The summed E-state index contributed by atoms with van der Waals surface area (Å²) in [5.74, 6) is 1.01. The Morgan fingerprint density at radius 2 is 1.59 bits per heavy atom. The van der Waals surface area contributed by atoms with Crippen molar-refractivity contribution in [2.24, 2.45) is 5.92 Å². The second-order valence-electron chi connectivity index (χ2n) is 6.63. The fourth-order valence-electron chi connectivity index (χ4n) is 4.62. The Morgan fingerprint density at radius 1 is 0.765 bits per heavy atom. The van der Waals surface area contributed by atoms with E-state index in [9.17, 15) is 0 Å². The Bertz CT molecular complexity index is 285. The van der Waals surface area contributed by atoms with E-state index in [-0.39, 0.29) is 0 Å². The molecule has 3 unspecified atom stereocenters. The molecule has 3 atom stereocenters. The molecule has 0 aromatic heterocycles. The molecule has 5 fully saturated rings. The first-order valence-electron chi connectivity index (χ1n) is 7.61. The zero-order chi connectivity index (χ0) is 11.2. The van der Waals surface area contributed by atoms with Gasteiger partial charge in [0, 0.05) is 37.8 Å². The van der Waals surface area contributed by atoms with Crippen LogP contribution in [-0.2, 0) is 0 Å². The van der Waals surface area contributed by atoms with Crippen molar-refractivity contribution >= 4 is 0 Å². The van der Waals surface area contributed by atoms with E-state index in [2.05, 4.69) is 15.1 Å². The highest BCUT2D eigenvalue weighted by Gasteiger charge is 2.40. The Kier molecular flexibility index (Phi) is 2.67. The number of nitrogens with zero attached hydrogens (tertiary/aromatic N) is 2. The summed E-state index contributed by atoms with van der Waals surface area (Å²) in [5.41, 5.74) is 0. The van der Waals surface area contributed by atoms with Crippen LogP contribution in [0, 0.1) is 5.92 Å². The molecule has 1 N–H and O–H groups in total. The van der Waals surface area contributed by atoms with Crippen molar-refractivity contribution in [2.75, 3.05) is 32.7 Å². The number of fused-ring (bicyclic) bond motifs is 5. The van der Waals surface area contributed by atoms with Crippen LogP contribution in [0.2, 0.25) is 0 Å². The van der Waals surface area contributed by atoms with Gasteiger partial charge in [-0.05, 0) is 51.1 Å². The molecule has 5 saturated heterocycles. The molecular weight excluding hydrogens is 210 g/mol. The Morgan fingerprint density at radius 3 is 2.35 bits per heavy atom. The van der Waals surface area contributed by atoms with E-state index in [0.717, 1.165) is 24.0 Å². The van der Waals surface area contributed by atoms with Crippen LogP contribution in [0.5, 0.6) is 0 Å². The van der Waals surface area contributed by atoms with Gasteiger partial charge < -0.3 is 10.2 Å². The molecule has 5 rings (SSSR count). The molecule has 17 heavy (non-hydrogen) atoms. The first-order chi connectivity index (χ1) is 8.38. The number of piperidine rings is 3. The molecule has 5 heterocycles. The molecule has 0 amide bonds. The topological polar surface area (TPSA) is 18.5 Å². The number of hydrogen-bond acceptors (Lipinski definition) is 3. The number of rotatable bonds is 1. The molecule has 0 aromatic carbocycles. The fourth-order valence-corrected chi connectivity index (χ4v) is 4.62. The van der Waals surface area contributed by atoms with Crippen LogP contribution in [0.4, 0.5) is 0 Å². The lowest BCUT2D eigenvalue weighted by molar-refractivity contribution is 0.00356. The molecule has 0 aliphatic carbocycles. The van der Waals surface area contributed by atoms with Crippen LogP contribution in [-0.4, -0.2) is 60.6 Å². The van der Waals surface area contributed by atoms with Gasteiger partial charge in [-0.2, -0.15) is 0 Å². The van der Waals surface area contributed by atoms with Gasteiger partial charge in [0.1, 0.15) is 0 Å². The molecule has 3 heteroatoms. The van der Waals surface area contributed by atoms with Gasteiger partial charge in [0.25, 0.3) is 0 Å². The fraction of sp³-hybridized carbons (Fsp3) is 1.00. The van der Waals surface area contributed by atoms with Crippen LogP contribution < -0.4 is 5.32 Å². The maximum absolute atomic E-state index is 3.81. The maximum Gasteiger partial charge on any atom is 0.0253 e. The Balaban J connectivity index is 1.47. The summed E-state index contributed by atoms with van der Waals surface area (Å²) in [6, 6.07) is 2.53. The summed E-state index contributed by atoms with van der Waals surface area (Å²) < 4.78 is 0. The minimum Gasteiger partial charge on any atom is -0.310 e. The Hall–Kier alpha value is -0.120. The average Bonchev–Trinajstić information content (AvgIpc) is 2.70. The third kappa shape index (κ3) is 1.92. The summed E-state index contributed by atoms with van der Waals surface area (Å²) in [6.07, 6.45) is 7.16. The highest BCUT2D eigenvalue weighted by Crippen LogP contribution is 2.33. The van der Waals surface area contributed by atoms with Crippen molar-refractivity contribution < 1.29 is 0 Å². The number of likely N-dealkylation sites (tertiary alicyclic amines) is 1. The second kappa shape index (κ2) is 4.22. The molecular formula is C14H25N3. The van der Waals surface area contributed by atoms with Gasteiger partial charge in [0.2, 0.25) is 0 Å². The van der Waals surface area contributed by atoms with Crippen LogP contribution in [0.25, 0.3) is 0 Å². The normalized spacial score (nSPS) is 50.5. The van der Waals surface area contributed by atoms with Gasteiger partial charge in [-0.3, -0.25) is 4.90 Å². The molecule has 96 valence electrons. The third-order valence-corrected chi connectivity index (χ3v) is 5.65. The van der Waals surface area contributed by atoms with Crippen molar-refractivity contribution in [3.8, 4) is 0 Å². The maximum atomic E-state index is 3.81. The molecule has 5 aliphatic heterocycles. The summed E-state index contributed by atoms with van der Waals surface area (Å²) in [6.45, 7) is 6.79. The minimum atomic E-state index is 0.804. The lowest BCUT2D eigenvalue weighted by Crippen LogP contribution is -2.58. The highest BCUT2D eigenvalue weighted by molar-refractivity contribution is 4.97. The zero-order valence-corrected chi connectivity index (χ0v) is 10.8. The lowest BCUT2D eigenvalue weighted by Gasteiger charge is -2.49. The summed E-state index contributed by atoms with van der Waals surface area (Å²) >= 11 is 0. The largest absolute Gasteiger partial charge is 0.310 e. The summed E-state index contributed by atoms with van der Waals surface area (Å²) in [4.78, 5) is 5.54. The summed E-state index contributed by atoms with van der Waals surface area (Å²) in [7, 11) is 0. The van der Waals surface area contributed by atoms with Crippen LogP contribution in [0.15, 0.2) is 0 Å². The van der Waals surface area contributed by atoms with E-state index in [0.29, 0.717) is 0 Å². The van der Waals surface area contributed by atoms with Crippen LogP contribution >= 0.6 is 0 Å². The van der Waals surface area contributed by atoms with Gasteiger partial charge >= 0.3 is 0 Å². The molecule has 0 saturated carbocycles. The molecule has 0 aromatic rings. The molecule has 0 spiro atoms. The predicted octanol–water partition coefficient (Wildman–Crippen LogP) is 0.907. The third-order valence-electron chi connectivity index (χ3n) is 5.65. The van der Waals surface area contributed by atoms with Gasteiger partial charge in [-0.15, -0.1) is 0 Å². The van der Waals surface area contributed by atoms with Crippen molar-refractivity contribution in [2.45, 2.75) is 50.2 Å². The number of nitrogens with one attached hydrogen (secondary N) is 1. The second-order valence-corrected chi connectivity index (χ2v) is 6.63. The van der Waals surface area contributed by atoms with Gasteiger partial charge in [0.05, 0.1) is 0 Å². The van der Waals surface area contributed by atoms with Gasteiger partial charge in [-0.25, -0.2) is 0 Å². The van der Waals surface area contributed by atoms with Gasteiger partial charge in [-0.1, -0.05) is 0 Å². The smallest absolute Gasteiger partial charge is 0.0253 e. The van der Waals surface area contributed by atoms with Crippen molar-refractivity contribution in [1.29, 1.82) is 0 Å². The molecule has 0 radical (unpaired) electrons. The van der Waals surface area contributed by atoms with E-state index in [1.165, 1.54) is 64.8 Å². The first-order valence-corrected chi connectivity index (χ1v) is 7.61. The zero-order valence-electron chi connectivity index (χ0n) is 10.8. The van der Waals surface area contributed by atoms with E-state index in [1.807, 2.05) is 0 Å². The molecule has 5 aliphatic rings. The van der Waals surface area contributed by atoms with E-state index in [1.54, 1.807) is 0 Å². The van der Waals surface area contributed by atoms with E-state index < -0.39 is 0 Å². The minimum absolute atomic E-state index is 0.804. The van der Waals surface area contributed by atoms with E-state index >= 15 is 0 Å². The van der Waals surface area contributed by atoms with E-state index in [4.69, 9.17) is 0 Å². The SMILES string of the molecule is C1CC2CN(C3CN4CCC3CC4)CCC1N2. The van der Waals surface area contributed by atoms with Crippen LogP contribution in [0.3, 0.4) is 0 Å². The lowest BCUT2D eigenvalue weighted by atomic mass is 9.82. The highest BCUT2D eigenvalue weighted by atomic mass is 15.3. The predicted molar refractivity (Wildman–Crippen MR) is 69.1 cm³/mol. The van der Waals surface area contributed by atoms with Crippen molar-refractivity contribution in [3.05, 3.63) is 0 Å². The first kappa shape index (κ1) is 10.8. The quantitative estimate of drug-likeness (QED) is 0.729. The number of hydrogen-bond donors (Lipinski definition) is 1. The molecule has 3 nitrogen and oxygen atoms in total. The van der Waals surface area contributed by atoms with Crippen molar-refractivity contribution in [1.82, 2.24) is 15.1 Å². The van der Waals surface area contributed by atoms with Gasteiger partial charge in [0.15, 0.2) is 0 Å². The Labute approximate surface area is 105 Å². The average molecular weight is 235 g/mol. The monoisotopic (exact) mass is 235 g/mol. The van der Waals surface area contributed by atoms with Crippen molar-refractivity contribution in [3.63, 3.8) is 0 Å². The van der Waals surface area contributed by atoms with Crippen LogP contribution in [0.1, 0.15) is 32.1 Å². The summed E-state index contributed by atoms with van der Waals surface area (Å²) in [5, 5.41) is 3.81.